The van der Waals surface area contributed by atoms with Crippen LogP contribution in [0.3, 0.4) is 0 Å². The number of aromatic nitrogens is 2. The highest BCUT2D eigenvalue weighted by atomic mass is 35.5. The molecule has 144 valence electrons. The quantitative estimate of drug-likeness (QED) is 0.621. The van der Waals surface area contributed by atoms with E-state index in [0.717, 1.165) is 0 Å². The molecule has 28 heavy (non-hydrogen) atoms. The van der Waals surface area contributed by atoms with E-state index in [0.29, 0.717) is 23.0 Å². The maximum Gasteiger partial charge on any atom is 0.435 e. The lowest BCUT2D eigenvalue weighted by atomic mass is 10.1. The fourth-order valence-electron chi connectivity index (χ4n) is 3.06. The average molecular weight is 407 g/mol. The number of hydrogen-bond donors (Lipinski definition) is 0. The number of imidazole rings is 1. The van der Waals surface area contributed by atoms with Crippen molar-refractivity contribution in [1.29, 1.82) is 0 Å². The number of aliphatic imine (C=N–C) groups is 1. The molecule has 0 atom stereocenters. The van der Waals surface area contributed by atoms with Crippen LogP contribution < -0.4 is 9.64 Å². The van der Waals surface area contributed by atoms with E-state index in [9.17, 15) is 13.2 Å². The van der Waals surface area contributed by atoms with Gasteiger partial charge in [-0.05, 0) is 36.4 Å². The number of halogens is 4. The van der Waals surface area contributed by atoms with Crippen LogP contribution in [0.25, 0.3) is 11.3 Å². The van der Waals surface area contributed by atoms with Gasteiger partial charge in [0.2, 0.25) is 0 Å². The molecule has 0 saturated carbocycles. The molecule has 5 nitrogen and oxygen atoms in total. The van der Waals surface area contributed by atoms with Gasteiger partial charge in [-0.25, -0.2) is 4.98 Å². The molecule has 0 aliphatic carbocycles. The third-order valence-corrected chi connectivity index (χ3v) is 4.59. The maximum atomic E-state index is 13.8. The standard InChI is InChI=1S/C19H14ClF3N4O/c1-28-14-6-7-16-25-18(19(21,22)23)17(27(16)11-14)15-10-24-8-9-26(15)13-4-2-12(20)3-5-13/h2-8,10-11H,9H2,1H3. The summed E-state index contributed by atoms with van der Waals surface area (Å²) in [6.45, 7) is 0.308. The van der Waals surface area contributed by atoms with Crippen LogP contribution in [0.2, 0.25) is 5.02 Å². The maximum absolute atomic E-state index is 13.8. The minimum Gasteiger partial charge on any atom is -0.495 e. The summed E-state index contributed by atoms with van der Waals surface area (Å²) in [5.41, 5.74) is 0.0385. The van der Waals surface area contributed by atoms with Gasteiger partial charge in [0.05, 0.1) is 31.7 Å². The lowest BCUT2D eigenvalue weighted by molar-refractivity contribution is -0.141. The number of ether oxygens (including phenoxy) is 1. The van der Waals surface area contributed by atoms with Gasteiger partial charge >= 0.3 is 6.18 Å². The van der Waals surface area contributed by atoms with Crippen LogP contribution in [0.5, 0.6) is 5.75 Å². The Hall–Kier alpha value is -3.00. The Bertz CT molecular complexity index is 1090. The van der Waals surface area contributed by atoms with E-state index < -0.39 is 11.9 Å². The van der Waals surface area contributed by atoms with E-state index in [-0.39, 0.29) is 17.0 Å². The second kappa shape index (κ2) is 6.87. The Morgan fingerprint density at radius 2 is 1.86 bits per heavy atom. The molecule has 4 rings (SSSR count). The van der Waals surface area contributed by atoms with Gasteiger partial charge in [-0.3, -0.25) is 9.39 Å². The lowest BCUT2D eigenvalue weighted by Gasteiger charge is -2.28. The molecule has 0 unspecified atom stereocenters. The first-order chi connectivity index (χ1) is 13.4. The van der Waals surface area contributed by atoms with Gasteiger partial charge in [0.15, 0.2) is 5.69 Å². The first-order valence-electron chi connectivity index (χ1n) is 8.27. The Balaban J connectivity index is 1.95. The molecule has 0 bridgehead atoms. The molecule has 0 fully saturated rings. The molecule has 1 aliphatic heterocycles. The van der Waals surface area contributed by atoms with Crippen molar-refractivity contribution in [2.75, 3.05) is 18.6 Å². The molecule has 0 amide bonds. The first kappa shape index (κ1) is 18.4. The molecule has 3 heterocycles. The van der Waals surface area contributed by atoms with Crippen LogP contribution in [0.15, 0.2) is 53.8 Å². The Kier molecular flexibility index (Phi) is 4.50. The summed E-state index contributed by atoms with van der Waals surface area (Å²) in [5, 5.41) is 0.537. The van der Waals surface area contributed by atoms with Crippen LogP contribution in [-0.4, -0.2) is 29.3 Å². The average Bonchev–Trinajstić information content (AvgIpc) is 3.07. The van der Waals surface area contributed by atoms with E-state index in [1.54, 1.807) is 41.4 Å². The highest BCUT2D eigenvalue weighted by Gasteiger charge is 2.40. The highest BCUT2D eigenvalue weighted by molar-refractivity contribution is 6.30. The number of alkyl halides is 3. The molecule has 1 aromatic carbocycles. The van der Waals surface area contributed by atoms with Gasteiger partial charge in [-0.1, -0.05) is 11.6 Å². The minimum absolute atomic E-state index is 0.104. The third kappa shape index (κ3) is 3.20. The van der Waals surface area contributed by atoms with Crippen LogP contribution in [-0.2, 0) is 6.18 Å². The molecular weight excluding hydrogens is 393 g/mol. The van der Waals surface area contributed by atoms with E-state index in [2.05, 4.69) is 9.98 Å². The third-order valence-electron chi connectivity index (χ3n) is 4.33. The molecule has 0 radical (unpaired) electrons. The van der Waals surface area contributed by atoms with Crippen LogP contribution >= 0.6 is 11.6 Å². The number of pyridine rings is 1. The van der Waals surface area contributed by atoms with Gasteiger partial charge in [0.25, 0.3) is 0 Å². The van der Waals surface area contributed by atoms with Crippen molar-refractivity contribution in [3.8, 4) is 5.75 Å². The van der Waals surface area contributed by atoms with E-state index >= 15 is 0 Å². The van der Waals surface area contributed by atoms with Crippen molar-refractivity contribution < 1.29 is 17.9 Å². The number of benzene rings is 1. The van der Waals surface area contributed by atoms with Gasteiger partial charge < -0.3 is 9.64 Å². The largest absolute Gasteiger partial charge is 0.495 e. The SMILES string of the molecule is COc1ccc2nc(C(F)(F)F)c(C3=CN=CCN3c3ccc(Cl)cc3)n2c1. The summed E-state index contributed by atoms with van der Waals surface area (Å²) >= 11 is 5.95. The fraction of sp³-hybridized carbons (Fsp3) is 0.158. The molecule has 0 N–H and O–H groups in total. The molecule has 3 aromatic rings. The van der Waals surface area contributed by atoms with Crippen molar-refractivity contribution in [1.82, 2.24) is 9.38 Å². The van der Waals surface area contributed by atoms with E-state index in [1.165, 1.54) is 30.0 Å². The fourth-order valence-corrected chi connectivity index (χ4v) is 3.19. The number of rotatable bonds is 3. The second-order valence-electron chi connectivity index (χ2n) is 6.04. The van der Waals surface area contributed by atoms with E-state index in [1.807, 2.05) is 0 Å². The summed E-state index contributed by atoms with van der Waals surface area (Å²) in [6.07, 6.45) is -0.139. The minimum atomic E-state index is -4.64. The van der Waals surface area contributed by atoms with Crippen molar-refractivity contribution in [2.45, 2.75) is 6.18 Å². The monoisotopic (exact) mass is 406 g/mol. The highest BCUT2D eigenvalue weighted by Crippen LogP contribution is 2.38. The number of hydrogen-bond acceptors (Lipinski definition) is 4. The van der Waals surface area contributed by atoms with Gasteiger partial charge in [0.1, 0.15) is 17.1 Å². The molecular formula is C19H14ClF3N4O. The van der Waals surface area contributed by atoms with Crippen molar-refractivity contribution in [3.05, 3.63) is 65.2 Å². The zero-order valence-corrected chi connectivity index (χ0v) is 15.4. The zero-order valence-electron chi connectivity index (χ0n) is 14.6. The summed E-state index contributed by atoms with van der Waals surface area (Å²) in [4.78, 5) is 9.63. The molecule has 1 aliphatic rings. The lowest BCUT2D eigenvalue weighted by Crippen LogP contribution is -2.27. The predicted molar refractivity (Wildman–Crippen MR) is 102 cm³/mol. The Morgan fingerprint density at radius 1 is 1.11 bits per heavy atom. The smallest absolute Gasteiger partial charge is 0.435 e. The van der Waals surface area contributed by atoms with Crippen LogP contribution in [0.4, 0.5) is 18.9 Å². The van der Waals surface area contributed by atoms with Crippen molar-refractivity contribution in [3.63, 3.8) is 0 Å². The number of nitrogens with zero attached hydrogens (tertiary/aromatic N) is 4. The summed E-state index contributed by atoms with van der Waals surface area (Å²) < 4.78 is 47.9. The molecule has 0 spiro atoms. The van der Waals surface area contributed by atoms with Crippen LogP contribution in [0.1, 0.15) is 11.4 Å². The second-order valence-corrected chi connectivity index (χ2v) is 6.47. The van der Waals surface area contributed by atoms with Crippen LogP contribution in [0, 0.1) is 0 Å². The topological polar surface area (TPSA) is 42.1 Å². The first-order valence-corrected chi connectivity index (χ1v) is 8.65. The summed E-state index contributed by atoms with van der Waals surface area (Å²) in [6, 6.07) is 9.90. The number of fused-ring (bicyclic) bond motifs is 1. The molecule has 9 heteroatoms. The Morgan fingerprint density at radius 3 is 2.54 bits per heavy atom. The summed E-state index contributed by atoms with van der Waals surface area (Å²) in [5.74, 6) is 0.415. The normalized spacial score (nSPS) is 14.5. The Labute approximate surface area is 163 Å². The van der Waals surface area contributed by atoms with Gasteiger partial charge in [-0.15, -0.1) is 0 Å². The molecule has 2 aromatic heterocycles. The van der Waals surface area contributed by atoms with Crippen molar-refractivity contribution >= 4 is 34.8 Å². The number of anilines is 1. The van der Waals surface area contributed by atoms with E-state index in [4.69, 9.17) is 16.3 Å². The number of methoxy groups -OCH3 is 1. The van der Waals surface area contributed by atoms with Gasteiger partial charge in [-0.2, -0.15) is 13.2 Å². The zero-order chi connectivity index (χ0) is 19.9. The summed E-state index contributed by atoms with van der Waals surface area (Å²) in [7, 11) is 1.45. The van der Waals surface area contributed by atoms with Crippen molar-refractivity contribution in [2.24, 2.45) is 4.99 Å². The van der Waals surface area contributed by atoms with Gasteiger partial charge in [0, 0.05) is 16.9 Å². The predicted octanol–water partition coefficient (Wildman–Crippen LogP) is 4.90. The molecule has 0 saturated heterocycles.